The van der Waals surface area contributed by atoms with E-state index in [2.05, 4.69) is 34.4 Å². The normalized spacial score (nSPS) is 17.5. The third-order valence-electron chi connectivity index (χ3n) is 5.13. The number of likely N-dealkylation sites (tertiary alicyclic amines) is 1. The number of aliphatic hydroxyl groups is 1. The number of guanidine groups is 1. The molecule has 7 nitrogen and oxygen atoms in total. The zero-order valence-electron chi connectivity index (χ0n) is 17.9. The van der Waals surface area contributed by atoms with Crippen molar-refractivity contribution in [1.29, 1.82) is 0 Å². The van der Waals surface area contributed by atoms with E-state index >= 15 is 0 Å². The molecule has 1 heterocycles. The van der Waals surface area contributed by atoms with Crippen molar-refractivity contribution in [1.82, 2.24) is 15.5 Å². The van der Waals surface area contributed by atoms with E-state index in [4.69, 9.17) is 9.47 Å². The molecule has 7 heteroatoms. The molecule has 3 N–H and O–H groups in total. The van der Waals surface area contributed by atoms with Crippen molar-refractivity contribution in [3.05, 3.63) is 23.8 Å². The van der Waals surface area contributed by atoms with E-state index in [0.29, 0.717) is 23.6 Å². The monoisotopic (exact) mass is 392 g/mol. The highest BCUT2D eigenvalue weighted by Gasteiger charge is 2.21. The lowest BCUT2D eigenvalue weighted by molar-refractivity contribution is 0.167. The van der Waals surface area contributed by atoms with Crippen LogP contribution in [0.1, 0.15) is 45.3 Å². The summed E-state index contributed by atoms with van der Waals surface area (Å²) in [5.74, 6) is 2.05. The first-order chi connectivity index (χ1) is 13.5. The lowest BCUT2D eigenvalue weighted by atomic mass is 10.0. The molecule has 0 saturated carbocycles. The lowest BCUT2D eigenvalue weighted by Crippen LogP contribution is -2.50. The Bertz CT molecular complexity index is 606. The Morgan fingerprint density at radius 1 is 1.18 bits per heavy atom. The summed E-state index contributed by atoms with van der Waals surface area (Å²) in [6.45, 7) is 9.77. The Labute approximate surface area is 169 Å². The summed E-state index contributed by atoms with van der Waals surface area (Å²) in [5.41, 5.74) is 0.723. The maximum Gasteiger partial charge on any atom is 0.191 e. The number of hydrogen-bond donors (Lipinski definition) is 3. The van der Waals surface area contributed by atoms with Crippen molar-refractivity contribution < 1.29 is 14.6 Å². The van der Waals surface area contributed by atoms with E-state index < -0.39 is 6.10 Å². The smallest absolute Gasteiger partial charge is 0.191 e. The van der Waals surface area contributed by atoms with Crippen molar-refractivity contribution >= 4 is 5.96 Å². The van der Waals surface area contributed by atoms with Gasteiger partial charge < -0.3 is 30.1 Å². The highest BCUT2D eigenvalue weighted by Crippen LogP contribution is 2.26. The van der Waals surface area contributed by atoms with Gasteiger partial charge in [0.05, 0.1) is 26.9 Å². The van der Waals surface area contributed by atoms with Crippen molar-refractivity contribution in [2.24, 2.45) is 4.99 Å². The molecule has 1 atom stereocenters. The van der Waals surface area contributed by atoms with Crippen molar-refractivity contribution in [3.8, 4) is 11.5 Å². The lowest BCUT2D eigenvalue weighted by Gasteiger charge is -2.35. The van der Waals surface area contributed by atoms with Crippen LogP contribution >= 0.6 is 0 Å². The van der Waals surface area contributed by atoms with Gasteiger partial charge in [-0.1, -0.05) is 0 Å². The molecule has 1 aromatic carbocycles. The molecule has 0 amide bonds. The fourth-order valence-electron chi connectivity index (χ4n) is 3.38. The third kappa shape index (κ3) is 6.56. The Morgan fingerprint density at radius 2 is 1.79 bits per heavy atom. The molecule has 1 aliphatic heterocycles. The van der Waals surface area contributed by atoms with E-state index in [-0.39, 0.29) is 6.54 Å². The van der Waals surface area contributed by atoms with Crippen LogP contribution in [0.2, 0.25) is 0 Å². The van der Waals surface area contributed by atoms with Crippen LogP contribution in [-0.4, -0.2) is 68.4 Å². The molecule has 0 aromatic heterocycles. The number of piperidine rings is 1. The van der Waals surface area contributed by atoms with Gasteiger partial charge in [0.2, 0.25) is 0 Å². The van der Waals surface area contributed by atoms with Gasteiger partial charge in [0.25, 0.3) is 0 Å². The second-order valence-electron chi connectivity index (χ2n) is 7.43. The number of aliphatic imine (C=N–C) groups is 1. The van der Waals surface area contributed by atoms with Crippen LogP contribution in [-0.2, 0) is 0 Å². The summed E-state index contributed by atoms with van der Waals surface area (Å²) in [7, 11) is 3.20. The van der Waals surface area contributed by atoms with Crippen LogP contribution in [0.15, 0.2) is 23.2 Å². The maximum absolute atomic E-state index is 10.6. The van der Waals surface area contributed by atoms with Crippen LogP contribution in [0.4, 0.5) is 0 Å². The molecule has 1 aliphatic rings. The Kier molecular flexibility index (Phi) is 8.86. The van der Waals surface area contributed by atoms with Crippen LogP contribution in [0.5, 0.6) is 11.5 Å². The molecule has 1 aromatic rings. The molecular formula is C21H36N4O3. The van der Waals surface area contributed by atoms with Gasteiger partial charge in [0.1, 0.15) is 11.5 Å². The summed E-state index contributed by atoms with van der Waals surface area (Å²) in [6, 6.07) is 6.41. The summed E-state index contributed by atoms with van der Waals surface area (Å²) < 4.78 is 10.6. The van der Waals surface area contributed by atoms with Gasteiger partial charge in [-0.15, -0.1) is 0 Å². The predicted molar refractivity (Wildman–Crippen MR) is 113 cm³/mol. The molecule has 158 valence electrons. The summed E-state index contributed by atoms with van der Waals surface area (Å²) >= 11 is 0. The zero-order chi connectivity index (χ0) is 20.5. The fraction of sp³-hybridized carbons (Fsp3) is 0.667. The second-order valence-corrected chi connectivity index (χ2v) is 7.43. The molecule has 0 aliphatic carbocycles. The highest BCUT2D eigenvalue weighted by molar-refractivity contribution is 5.80. The first kappa shape index (κ1) is 22.3. The largest absolute Gasteiger partial charge is 0.497 e. The minimum atomic E-state index is -0.734. The minimum Gasteiger partial charge on any atom is -0.497 e. The first-order valence-corrected chi connectivity index (χ1v) is 10.2. The van der Waals surface area contributed by atoms with Gasteiger partial charge in [-0.05, 0) is 51.3 Å². The zero-order valence-corrected chi connectivity index (χ0v) is 17.9. The molecule has 0 bridgehead atoms. The van der Waals surface area contributed by atoms with Crippen LogP contribution in [0, 0.1) is 0 Å². The fourth-order valence-corrected chi connectivity index (χ4v) is 3.38. The van der Waals surface area contributed by atoms with Crippen LogP contribution < -0.4 is 20.1 Å². The Morgan fingerprint density at radius 3 is 2.29 bits per heavy atom. The minimum absolute atomic E-state index is 0.260. The van der Waals surface area contributed by atoms with E-state index in [1.54, 1.807) is 20.3 Å². The molecule has 28 heavy (non-hydrogen) atoms. The van der Waals surface area contributed by atoms with E-state index in [1.165, 1.54) is 0 Å². The van der Waals surface area contributed by atoms with Crippen molar-refractivity contribution in [2.75, 3.05) is 40.4 Å². The van der Waals surface area contributed by atoms with Crippen molar-refractivity contribution in [3.63, 3.8) is 0 Å². The number of methoxy groups -OCH3 is 2. The van der Waals surface area contributed by atoms with Gasteiger partial charge >= 0.3 is 0 Å². The Balaban J connectivity index is 1.98. The standard InChI is InChI=1S/C21H36N4O3/c1-6-22-21(24-17-7-9-25(10-8-17)15(2)3)23-14-20(26)16-11-18(27-4)13-19(12-16)28-5/h11-13,15,17,20,26H,6-10,14H2,1-5H3,(H2,22,23,24). The average Bonchev–Trinajstić information content (AvgIpc) is 2.71. The number of benzene rings is 1. The second kappa shape index (κ2) is 11.1. The van der Waals surface area contributed by atoms with Gasteiger partial charge in [0.15, 0.2) is 5.96 Å². The molecule has 1 unspecified atom stereocenters. The van der Waals surface area contributed by atoms with Gasteiger partial charge in [-0.25, -0.2) is 0 Å². The van der Waals surface area contributed by atoms with Crippen molar-refractivity contribution in [2.45, 2.75) is 51.8 Å². The Hall–Kier alpha value is -1.99. The predicted octanol–water partition coefficient (Wildman–Crippen LogP) is 2.17. The van der Waals surface area contributed by atoms with Gasteiger partial charge in [-0.3, -0.25) is 4.99 Å². The van der Waals surface area contributed by atoms with E-state index in [1.807, 2.05) is 19.1 Å². The van der Waals surface area contributed by atoms with Crippen LogP contribution in [0.3, 0.4) is 0 Å². The molecule has 1 saturated heterocycles. The van der Waals surface area contributed by atoms with E-state index in [0.717, 1.165) is 44.0 Å². The quantitative estimate of drug-likeness (QED) is 0.465. The summed E-state index contributed by atoms with van der Waals surface area (Å²) in [6.07, 6.45) is 1.46. The SMILES string of the molecule is CCNC(=NCC(O)c1cc(OC)cc(OC)c1)NC1CCN(C(C)C)CC1. The number of ether oxygens (including phenoxy) is 2. The average molecular weight is 393 g/mol. The number of nitrogens with zero attached hydrogens (tertiary/aromatic N) is 2. The number of hydrogen-bond acceptors (Lipinski definition) is 5. The number of aliphatic hydroxyl groups excluding tert-OH is 1. The number of rotatable bonds is 8. The van der Waals surface area contributed by atoms with E-state index in [9.17, 15) is 5.11 Å². The topological polar surface area (TPSA) is 78.4 Å². The number of nitrogens with one attached hydrogen (secondary N) is 2. The maximum atomic E-state index is 10.6. The van der Waals surface area contributed by atoms with Crippen LogP contribution in [0.25, 0.3) is 0 Å². The molecule has 0 spiro atoms. The third-order valence-corrected chi connectivity index (χ3v) is 5.13. The summed E-state index contributed by atoms with van der Waals surface area (Å²) in [4.78, 5) is 7.10. The first-order valence-electron chi connectivity index (χ1n) is 10.2. The highest BCUT2D eigenvalue weighted by atomic mass is 16.5. The van der Waals surface area contributed by atoms with Gasteiger partial charge in [0, 0.05) is 37.8 Å². The molecule has 0 radical (unpaired) electrons. The summed E-state index contributed by atoms with van der Waals surface area (Å²) in [5, 5.41) is 17.4. The molecular weight excluding hydrogens is 356 g/mol. The van der Waals surface area contributed by atoms with Gasteiger partial charge in [-0.2, -0.15) is 0 Å². The molecule has 1 fully saturated rings. The molecule has 2 rings (SSSR count).